The maximum Gasteiger partial charge on any atom is 0.471 e. The third kappa shape index (κ3) is 4.11. The van der Waals surface area contributed by atoms with Crippen molar-refractivity contribution >= 4 is 22.8 Å². The van der Waals surface area contributed by atoms with E-state index >= 15 is 0 Å². The molecule has 4 rings (SSSR count). The number of aromatic nitrogens is 3. The van der Waals surface area contributed by atoms with Crippen LogP contribution >= 0.6 is 0 Å². The van der Waals surface area contributed by atoms with Crippen molar-refractivity contribution in [3.8, 4) is 11.1 Å². The van der Waals surface area contributed by atoms with Gasteiger partial charge in [0.05, 0.1) is 18.1 Å². The third-order valence-corrected chi connectivity index (χ3v) is 5.31. The summed E-state index contributed by atoms with van der Waals surface area (Å²) in [6.07, 6.45) is -3.78. The zero-order valence-electron chi connectivity index (χ0n) is 16.6. The highest BCUT2D eigenvalue weighted by molar-refractivity contribution is 6.00. The van der Waals surface area contributed by atoms with E-state index in [1.165, 1.54) is 6.33 Å². The molecule has 0 spiro atoms. The Morgan fingerprint density at radius 3 is 2.62 bits per heavy atom. The molecule has 1 aliphatic rings. The molecular weight excluding hydrogens is 431 g/mol. The highest BCUT2D eigenvalue weighted by Crippen LogP contribution is 2.38. The lowest BCUT2D eigenvalue weighted by molar-refractivity contribution is -0.173. The van der Waals surface area contributed by atoms with Crippen molar-refractivity contribution in [3.05, 3.63) is 42.4 Å². The molecule has 9 nitrogen and oxygen atoms in total. The van der Waals surface area contributed by atoms with Crippen molar-refractivity contribution in [2.45, 2.75) is 37.6 Å². The van der Waals surface area contributed by atoms with Gasteiger partial charge in [-0.3, -0.25) is 4.79 Å². The Labute approximate surface area is 179 Å². The van der Waals surface area contributed by atoms with Crippen LogP contribution in [0.25, 0.3) is 22.2 Å². The fraction of sp³-hybridized carbons (Fsp3) is 0.350. The molecule has 170 valence electrons. The molecule has 3 aromatic rings. The number of halogens is 3. The van der Waals surface area contributed by atoms with Crippen LogP contribution in [-0.4, -0.2) is 55.6 Å². The lowest BCUT2D eigenvalue weighted by Crippen LogP contribution is -2.36. The van der Waals surface area contributed by atoms with Crippen LogP contribution in [0, 0.1) is 0 Å². The number of anilines is 1. The maximum atomic E-state index is 12.3. The fourth-order valence-corrected chi connectivity index (χ4v) is 3.68. The molecule has 12 heteroatoms. The van der Waals surface area contributed by atoms with Gasteiger partial charge in [0.15, 0.2) is 0 Å². The molecule has 3 atom stereocenters. The first-order valence-corrected chi connectivity index (χ1v) is 9.68. The van der Waals surface area contributed by atoms with Crippen LogP contribution < -0.4 is 11.1 Å². The molecule has 1 fully saturated rings. The number of aliphatic hydroxyl groups excluding tert-OH is 2. The topological polar surface area (TPSA) is 136 Å². The van der Waals surface area contributed by atoms with E-state index in [4.69, 9.17) is 10.5 Å². The van der Waals surface area contributed by atoms with Gasteiger partial charge in [-0.05, 0) is 11.1 Å². The number of nitrogen functional groups attached to an aromatic ring is 1. The number of carbonyl (C=O) groups excluding carboxylic acids is 1. The van der Waals surface area contributed by atoms with E-state index in [-0.39, 0.29) is 25.4 Å². The Hall–Kier alpha value is -3.22. The zero-order chi connectivity index (χ0) is 23.0. The molecule has 0 radical (unpaired) electrons. The average Bonchev–Trinajstić information content (AvgIpc) is 3.33. The Balaban J connectivity index is 1.64. The monoisotopic (exact) mass is 451 g/mol. The quantitative estimate of drug-likeness (QED) is 0.462. The number of nitrogens with two attached hydrogens (primary N) is 1. The van der Waals surface area contributed by atoms with E-state index in [9.17, 15) is 28.2 Å². The number of rotatable bonds is 5. The summed E-state index contributed by atoms with van der Waals surface area (Å²) in [5, 5.41) is 21.8. The van der Waals surface area contributed by atoms with Gasteiger partial charge in [0.2, 0.25) is 0 Å². The number of aliphatic hydroxyl groups is 2. The number of ether oxygens (including phenoxy) is 1. The number of nitrogens with one attached hydrogen (secondary N) is 1. The first-order valence-electron chi connectivity index (χ1n) is 9.68. The predicted octanol–water partition coefficient (Wildman–Crippen LogP) is 1.50. The first-order chi connectivity index (χ1) is 15.2. The molecule has 1 amide bonds. The number of fused-ring (bicyclic) bond motifs is 1. The summed E-state index contributed by atoms with van der Waals surface area (Å²) in [7, 11) is 0. The minimum atomic E-state index is -4.94. The highest BCUT2D eigenvalue weighted by atomic mass is 19.4. The number of hydrogen-bond acceptors (Lipinski definition) is 7. The largest absolute Gasteiger partial charge is 0.471 e. The molecule has 3 heterocycles. The molecule has 0 saturated carbocycles. The van der Waals surface area contributed by atoms with Crippen molar-refractivity contribution < 1.29 is 32.9 Å². The minimum absolute atomic E-state index is 0.225. The third-order valence-electron chi connectivity index (χ3n) is 5.31. The summed E-state index contributed by atoms with van der Waals surface area (Å²) in [6.45, 7) is -0.602. The minimum Gasteiger partial charge on any atom is -0.394 e. The summed E-state index contributed by atoms with van der Waals surface area (Å²) in [4.78, 5) is 19.3. The van der Waals surface area contributed by atoms with Crippen LogP contribution in [0.4, 0.5) is 19.0 Å². The summed E-state index contributed by atoms with van der Waals surface area (Å²) in [5.74, 6) is -1.78. The van der Waals surface area contributed by atoms with Crippen LogP contribution in [0.2, 0.25) is 0 Å². The van der Waals surface area contributed by atoms with E-state index in [0.29, 0.717) is 27.7 Å². The highest BCUT2D eigenvalue weighted by Gasteiger charge is 2.38. The van der Waals surface area contributed by atoms with Crippen LogP contribution in [0.3, 0.4) is 0 Å². The Kier molecular flexibility index (Phi) is 5.75. The number of hydrogen-bond donors (Lipinski definition) is 4. The summed E-state index contributed by atoms with van der Waals surface area (Å²) in [6, 6.07) is 6.54. The molecular formula is C20H20F3N5O4. The first kappa shape index (κ1) is 22.0. The smallest absolute Gasteiger partial charge is 0.394 e. The molecule has 1 unspecified atom stereocenters. The van der Waals surface area contributed by atoms with Crippen molar-refractivity contribution in [1.29, 1.82) is 0 Å². The second-order valence-electron chi connectivity index (χ2n) is 7.40. The Morgan fingerprint density at radius 2 is 2.00 bits per heavy atom. The second kappa shape index (κ2) is 8.37. The molecule has 5 N–H and O–H groups in total. The Morgan fingerprint density at radius 1 is 1.28 bits per heavy atom. The van der Waals surface area contributed by atoms with Gasteiger partial charge in [-0.1, -0.05) is 24.3 Å². The number of alkyl halides is 3. The van der Waals surface area contributed by atoms with Crippen LogP contribution in [0.1, 0.15) is 18.2 Å². The Bertz CT molecular complexity index is 1130. The fourth-order valence-electron chi connectivity index (χ4n) is 3.68. The predicted molar refractivity (Wildman–Crippen MR) is 107 cm³/mol. The van der Waals surface area contributed by atoms with Crippen molar-refractivity contribution in [1.82, 2.24) is 19.9 Å². The summed E-state index contributed by atoms with van der Waals surface area (Å²) >= 11 is 0. The summed E-state index contributed by atoms with van der Waals surface area (Å²) < 4.78 is 44.5. The van der Waals surface area contributed by atoms with Crippen molar-refractivity contribution in [2.75, 3.05) is 12.3 Å². The zero-order valence-corrected chi connectivity index (χ0v) is 16.6. The number of benzene rings is 1. The van der Waals surface area contributed by atoms with Gasteiger partial charge in [0, 0.05) is 24.7 Å². The van der Waals surface area contributed by atoms with Crippen molar-refractivity contribution in [2.24, 2.45) is 0 Å². The molecule has 1 saturated heterocycles. The van der Waals surface area contributed by atoms with E-state index in [0.717, 1.165) is 0 Å². The molecule has 2 aromatic heterocycles. The normalized spacial score (nSPS) is 21.2. The van der Waals surface area contributed by atoms with E-state index in [1.54, 1.807) is 35.0 Å². The van der Waals surface area contributed by atoms with E-state index in [2.05, 4.69) is 9.97 Å². The number of amides is 1. The average molecular weight is 451 g/mol. The molecule has 0 bridgehead atoms. The standard InChI is InChI=1S/C20H20F3N5O4/c21-20(22,23)19(31)25-6-10-1-3-11(4-2-10)12-7-28(15-5-13(30)14(8-29)32-15)18-16(12)17(24)26-9-27-18/h1-4,7,9,13-15,29-30H,5-6,8H2,(H,25,31)(H2,24,26,27)/t13?,14-,15-/m1/s1. The molecule has 1 aromatic carbocycles. The maximum absolute atomic E-state index is 12.3. The molecule has 32 heavy (non-hydrogen) atoms. The molecule has 1 aliphatic heterocycles. The summed E-state index contributed by atoms with van der Waals surface area (Å²) in [5.41, 5.74) is 8.40. The lowest BCUT2D eigenvalue weighted by Gasteiger charge is -2.14. The van der Waals surface area contributed by atoms with E-state index < -0.39 is 30.5 Å². The van der Waals surface area contributed by atoms with Gasteiger partial charge >= 0.3 is 12.1 Å². The van der Waals surface area contributed by atoms with Gasteiger partial charge in [0.1, 0.15) is 30.1 Å². The van der Waals surface area contributed by atoms with Gasteiger partial charge in [0.25, 0.3) is 0 Å². The van der Waals surface area contributed by atoms with Gasteiger partial charge in [-0.25, -0.2) is 9.97 Å². The van der Waals surface area contributed by atoms with E-state index in [1.807, 2.05) is 5.32 Å². The lowest BCUT2D eigenvalue weighted by atomic mass is 10.0. The van der Waals surface area contributed by atoms with Crippen LogP contribution in [-0.2, 0) is 16.1 Å². The van der Waals surface area contributed by atoms with Crippen molar-refractivity contribution in [3.63, 3.8) is 0 Å². The van der Waals surface area contributed by atoms with Crippen LogP contribution in [0.15, 0.2) is 36.8 Å². The van der Waals surface area contributed by atoms with Gasteiger partial charge < -0.3 is 30.6 Å². The SMILES string of the molecule is Nc1ncnc2c1c(-c1ccc(CNC(=O)C(F)(F)F)cc1)cn2[C@H]1CC(O)[C@@H](CO)O1. The number of carbonyl (C=O) groups is 1. The van der Waals surface area contributed by atoms with Gasteiger partial charge in [-0.15, -0.1) is 0 Å². The second-order valence-corrected chi connectivity index (χ2v) is 7.40. The van der Waals surface area contributed by atoms with Gasteiger partial charge in [-0.2, -0.15) is 13.2 Å². The van der Waals surface area contributed by atoms with Crippen LogP contribution in [0.5, 0.6) is 0 Å². The number of nitrogens with zero attached hydrogens (tertiary/aromatic N) is 3. The molecule has 0 aliphatic carbocycles.